The summed E-state index contributed by atoms with van der Waals surface area (Å²) in [5.74, 6) is -3.41. The minimum atomic E-state index is -1.00. The highest BCUT2D eigenvalue weighted by molar-refractivity contribution is 6.08. The molecule has 3 aromatic rings. The molecule has 6 nitrogen and oxygen atoms in total. The molecule has 0 bridgehead atoms. The molecular weight excluding hydrogens is 378 g/mol. The second-order valence-corrected chi connectivity index (χ2v) is 7.25. The molecule has 2 aromatic heterocycles. The van der Waals surface area contributed by atoms with Crippen LogP contribution in [0.1, 0.15) is 52.1 Å². The summed E-state index contributed by atoms with van der Waals surface area (Å²) in [7, 11) is 0. The highest BCUT2D eigenvalue weighted by Gasteiger charge is 2.26. The minimum absolute atomic E-state index is 0.0428. The lowest BCUT2D eigenvalue weighted by molar-refractivity contribution is 0.0933. The monoisotopic (exact) mass is 398 g/mol. The van der Waals surface area contributed by atoms with E-state index in [1.54, 1.807) is 16.7 Å². The standard InChI is InChI=1S/C21H20F2N4O2/c1-12-9-10-16-25-19(26-20(28)17-14(22)7-4-8-15(17)23)18(27(16)11-12)21(29)24-13-5-2-3-6-13/h4,7-11,13H,2-3,5-6H2,1H3,(H,24,29)(H,26,28). The molecule has 1 aliphatic rings. The van der Waals surface area contributed by atoms with E-state index in [0.29, 0.717) is 5.65 Å². The number of fused-ring (bicyclic) bond motifs is 1. The summed E-state index contributed by atoms with van der Waals surface area (Å²) in [4.78, 5) is 29.8. The molecule has 4 rings (SSSR count). The van der Waals surface area contributed by atoms with Gasteiger partial charge >= 0.3 is 0 Å². The summed E-state index contributed by atoms with van der Waals surface area (Å²) in [5.41, 5.74) is 0.739. The van der Waals surface area contributed by atoms with Gasteiger partial charge < -0.3 is 10.6 Å². The zero-order valence-corrected chi connectivity index (χ0v) is 15.8. The van der Waals surface area contributed by atoms with E-state index in [9.17, 15) is 18.4 Å². The Hall–Kier alpha value is -3.29. The third-order valence-corrected chi connectivity index (χ3v) is 5.09. The number of aryl methyl sites for hydroxylation is 1. The maximum absolute atomic E-state index is 14.0. The van der Waals surface area contributed by atoms with Gasteiger partial charge in [-0.15, -0.1) is 0 Å². The van der Waals surface area contributed by atoms with Crippen molar-refractivity contribution in [1.29, 1.82) is 0 Å². The zero-order chi connectivity index (χ0) is 20.5. The molecule has 1 aliphatic carbocycles. The molecule has 150 valence electrons. The summed E-state index contributed by atoms with van der Waals surface area (Å²) < 4.78 is 29.5. The van der Waals surface area contributed by atoms with Crippen molar-refractivity contribution in [3.05, 3.63) is 65.0 Å². The minimum Gasteiger partial charge on any atom is -0.348 e. The highest BCUT2D eigenvalue weighted by atomic mass is 19.1. The average molecular weight is 398 g/mol. The second-order valence-electron chi connectivity index (χ2n) is 7.25. The molecular formula is C21H20F2N4O2. The largest absolute Gasteiger partial charge is 0.348 e. The van der Waals surface area contributed by atoms with Crippen LogP contribution in [0.3, 0.4) is 0 Å². The van der Waals surface area contributed by atoms with Crippen LogP contribution < -0.4 is 10.6 Å². The van der Waals surface area contributed by atoms with Gasteiger partial charge in [0.25, 0.3) is 11.8 Å². The lowest BCUT2D eigenvalue weighted by Crippen LogP contribution is -2.34. The molecule has 2 amide bonds. The summed E-state index contributed by atoms with van der Waals surface area (Å²) in [5, 5.41) is 5.38. The summed E-state index contributed by atoms with van der Waals surface area (Å²) in [6.45, 7) is 1.87. The van der Waals surface area contributed by atoms with Crippen molar-refractivity contribution in [3.8, 4) is 0 Å². The molecule has 0 atom stereocenters. The highest BCUT2D eigenvalue weighted by Crippen LogP contribution is 2.23. The number of carbonyl (C=O) groups excluding carboxylic acids is 2. The van der Waals surface area contributed by atoms with Crippen LogP contribution in [0.4, 0.5) is 14.6 Å². The van der Waals surface area contributed by atoms with Crippen molar-refractivity contribution >= 4 is 23.3 Å². The first kappa shape index (κ1) is 19.0. The Kier molecular flexibility index (Phi) is 5.00. The van der Waals surface area contributed by atoms with Crippen LogP contribution in [-0.4, -0.2) is 27.2 Å². The maximum Gasteiger partial charge on any atom is 0.272 e. The van der Waals surface area contributed by atoms with Gasteiger partial charge in [-0.2, -0.15) is 0 Å². The number of nitrogens with one attached hydrogen (secondary N) is 2. The van der Waals surface area contributed by atoms with Gasteiger partial charge in [-0.25, -0.2) is 13.8 Å². The fourth-order valence-corrected chi connectivity index (χ4v) is 3.66. The zero-order valence-electron chi connectivity index (χ0n) is 15.8. The van der Waals surface area contributed by atoms with Gasteiger partial charge in [0.2, 0.25) is 0 Å². The van der Waals surface area contributed by atoms with Crippen molar-refractivity contribution < 1.29 is 18.4 Å². The molecule has 8 heteroatoms. The quantitative estimate of drug-likeness (QED) is 0.701. The number of amides is 2. The average Bonchev–Trinajstić information content (AvgIpc) is 3.28. The SMILES string of the molecule is Cc1ccc2nc(NC(=O)c3c(F)cccc3F)c(C(=O)NC3CCCC3)n2c1. The van der Waals surface area contributed by atoms with Crippen molar-refractivity contribution in [1.82, 2.24) is 14.7 Å². The van der Waals surface area contributed by atoms with Gasteiger partial charge in [-0.05, 0) is 43.5 Å². The van der Waals surface area contributed by atoms with Crippen LogP contribution >= 0.6 is 0 Å². The van der Waals surface area contributed by atoms with Crippen LogP contribution in [0, 0.1) is 18.6 Å². The van der Waals surface area contributed by atoms with E-state index >= 15 is 0 Å². The molecule has 0 aliphatic heterocycles. The molecule has 0 unspecified atom stereocenters. The number of benzene rings is 1. The third kappa shape index (κ3) is 3.70. The van der Waals surface area contributed by atoms with E-state index in [1.807, 2.05) is 13.0 Å². The van der Waals surface area contributed by atoms with E-state index in [-0.39, 0.29) is 23.5 Å². The molecule has 0 radical (unpaired) electrons. The smallest absolute Gasteiger partial charge is 0.272 e. The second kappa shape index (κ2) is 7.62. The fourth-order valence-electron chi connectivity index (χ4n) is 3.66. The Morgan fingerprint density at radius 3 is 2.45 bits per heavy atom. The molecule has 1 saturated carbocycles. The summed E-state index contributed by atoms with van der Waals surface area (Å²) in [6, 6.07) is 6.77. The predicted octanol–water partition coefficient (Wildman–Crippen LogP) is 3.85. The first-order valence-electron chi connectivity index (χ1n) is 9.49. The van der Waals surface area contributed by atoms with Gasteiger partial charge in [-0.3, -0.25) is 14.0 Å². The molecule has 2 N–H and O–H groups in total. The van der Waals surface area contributed by atoms with Crippen LogP contribution in [0.2, 0.25) is 0 Å². The number of carbonyl (C=O) groups is 2. The molecule has 0 saturated heterocycles. The lowest BCUT2D eigenvalue weighted by atomic mass is 10.2. The first-order chi connectivity index (χ1) is 13.9. The normalized spacial score (nSPS) is 14.3. The topological polar surface area (TPSA) is 75.5 Å². The van der Waals surface area contributed by atoms with E-state index in [1.165, 1.54) is 6.07 Å². The number of hydrogen-bond donors (Lipinski definition) is 2. The number of imidazole rings is 1. The van der Waals surface area contributed by atoms with Crippen molar-refractivity contribution in [2.24, 2.45) is 0 Å². The molecule has 29 heavy (non-hydrogen) atoms. The van der Waals surface area contributed by atoms with E-state index < -0.39 is 23.1 Å². The Balaban J connectivity index is 1.73. The Morgan fingerprint density at radius 1 is 1.07 bits per heavy atom. The molecule has 1 fully saturated rings. The third-order valence-electron chi connectivity index (χ3n) is 5.09. The van der Waals surface area contributed by atoms with E-state index in [2.05, 4.69) is 15.6 Å². The maximum atomic E-state index is 14.0. The van der Waals surface area contributed by atoms with Crippen LogP contribution in [0.15, 0.2) is 36.5 Å². The van der Waals surface area contributed by atoms with E-state index in [4.69, 9.17) is 0 Å². The van der Waals surface area contributed by atoms with Crippen molar-refractivity contribution in [3.63, 3.8) is 0 Å². The van der Waals surface area contributed by atoms with Crippen LogP contribution in [0.25, 0.3) is 5.65 Å². The van der Waals surface area contributed by atoms with E-state index in [0.717, 1.165) is 43.4 Å². The number of rotatable bonds is 4. The van der Waals surface area contributed by atoms with Crippen LogP contribution in [-0.2, 0) is 0 Å². The fraction of sp³-hybridized carbons (Fsp3) is 0.286. The predicted molar refractivity (Wildman–Crippen MR) is 104 cm³/mol. The van der Waals surface area contributed by atoms with Gasteiger partial charge in [0.05, 0.1) is 0 Å². The Bertz CT molecular complexity index is 1080. The Labute approximate surface area is 165 Å². The first-order valence-corrected chi connectivity index (χ1v) is 9.49. The van der Waals surface area contributed by atoms with Gasteiger partial charge in [0, 0.05) is 12.2 Å². The van der Waals surface area contributed by atoms with Gasteiger partial charge in [0.15, 0.2) is 11.5 Å². The number of anilines is 1. The number of nitrogens with zero attached hydrogens (tertiary/aromatic N) is 2. The molecule has 0 spiro atoms. The number of halogens is 2. The van der Waals surface area contributed by atoms with Gasteiger partial charge in [-0.1, -0.05) is 25.0 Å². The van der Waals surface area contributed by atoms with Crippen molar-refractivity contribution in [2.75, 3.05) is 5.32 Å². The number of aromatic nitrogens is 2. The van der Waals surface area contributed by atoms with Crippen molar-refractivity contribution in [2.45, 2.75) is 38.6 Å². The molecule has 2 heterocycles. The van der Waals surface area contributed by atoms with Crippen LogP contribution in [0.5, 0.6) is 0 Å². The lowest BCUT2D eigenvalue weighted by Gasteiger charge is -2.13. The number of pyridine rings is 1. The molecule has 1 aromatic carbocycles. The number of hydrogen-bond acceptors (Lipinski definition) is 3. The summed E-state index contributed by atoms with van der Waals surface area (Å²) >= 11 is 0. The Morgan fingerprint density at radius 2 is 1.76 bits per heavy atom. The summed E-state index contributed by atoms with van der Waals surface area (Å²) in [6.07, 6.45) is 5.61. The van der Waals surface area contributed by atoms with Gasteiger partial charge in [0.1, 0.15) is 22.8 Å².